The molecule has 0 unspecified atom stereocenters. The summed E-state index contributed by atoms with van der Waals surface area (Å²) in [5, 5.41) is 0. The van der Waals surface area contributed by atoms with E-state index < -0.39 is 0 Å². The maximum Gasteiger partial charge on any atom is 0.111 e. The van der Waals surface area contributed by atoms with Crippen molar-refractivity contribution in [2.24, 2.45) is 5.73 Å². The summed E-state index contributed by atoms with van der Waals surface area (Å²) in [7, 11) is 0. The second kappa shape index (κ2) is 5.74. The molecule has 104 valence electrons. The van der Waals surface area contributed by atoms with E-state index >= 15 is 0 Å². The van der Waals surface area contributed by atoms with Crippen molar-refractivity contribution in [3.8, 4) is 0 Å². The maximum atomic E-state index is 6.46. The zero-order valence-electron chi connectivity index (χ0n) is 12.3. The van der Waals surface area contributed by atoms with Gasteiger partial charge in [-0.1, -0.05) is 32.9 Å². The van der Waals surface area contributed by atoms with E-state index in [2.05, 4.69) is 43.5 Å². The molecular formula is C16H25N3. The van der Waals surface area contributed by atoms with Crippen molar-refractivity contribution in [1.29, 1.82) is 0 Å². The van der Waals surface area contributed by atoms with Crippen LogP contribution in [0.4, 0.5) is 0 Å². The van der Waals surface area contributed by atoms with Crippen LogP contribution in [0.1, 0.15) is 45.9 Å². The largest absolute Gasteiger partial charge is 0.328 e. The van der Waals surface area contributed by atoms with Crippen LogP contribution in [0.25, 0.3) is 11.0 Å². The fourth-order valence-electron chi connectivity index (χ4n) is 2.55. The number of nitrogens with two attached hydrogens (primary N) is 1. The molecular weight excluding hydrogens is 234 g/mol. The summed E-state index contributed by atoms with van der Waals surface area (Å²) in [5.41, 5.74) is 8.64. The van der Waals surface area contributed by atoms with Crippen molar-refractivity contribution in [2.45, 2.75) is 58.5 Å². The van der Waals surface area contributed by atoms with Gasteiger partial charge < -0.3 is 10.3 Å². The zero-order valence-corrected chi connectivity index (χ0v) is 12.3. The number of imidazole rings is 1. The molecule has 0 saturated heterocycles. The average molecular weight is 259 g/mol. The van der Waals surface area contributed by atoms with E-state index in [1.54, 1.807) is 0 Å². The van der Waals surface area contributed by atoms with E-state index in [9.17, 15) is 0 Å². The summed E-state index contributed by atoms with van der Waals surface area (Å²) < 4.78 is 2.34. The highest BCUT2D eigenvalue weighted by atomic mass is 15.1. The summed E-state index contributed by atoms with van der Waals surface area (Å²) in [5.74, 6) is 1.13. The Hall–Kier alpha value is -1.35. The quantitative estimate of drug-likeness (QED) is 0.862. The van der Waals surface area contributed by atoms with E-state index in [1.807, 2.05) is 6.07 Å². The number of fused-ring (bicyclic) bond motifs is 1. The van der Waals surface area contributed by atoms with Crippen molar-refractivity contribution in [3.05, 3.63) is 30.1 Å². The standard InChI is InChI=1S/C16H25N3/c1-4-11-19-14-10-8-7-9-13(14)18-15(19)12-16(17,5-2)6-3/h7-10H,4-6,11-12,17H2,1-3H3. The van der Waals surface area contributed by atoms with Crippen LogP contribution in [-0.2, 0) is 13.0 Å². The van der Waals surface area contributed by atoms with Crippen LogP contribution in [-0.4, -0.2) is 15.1 Å². The Kier molecular flexibility index (Phi) is 4.25. The predicted octanol–water partition coefficient (Wildman–Crippen LogP) is 3.51. The first-order valence-corrected chi connectivity index (χ1v) is 7.36. The SMILES string of the molecule is CCCn1c(CC(N)(CC)CC)nc2ccccc21. The lowest BCUT2D eigenvalue weighted by atomic mass is 9.90. The predicted molar refractivity (Wildman–Crippen MR) is 81.2 cm³/mol. The lowest BCUT2D eigenvalue weighted by molar-refractivity contribution is 0.379. The van der Waals surface area contributed by atoms with E-state index in [0.29, 0.717) is 0 Å². The molecule has 1 aromatic carbocycles. The highest BCUT2D eigenvalue weighted by molar-refractivity contribution is 5.75. The van der Waals surface area contributed by atoms with Gasteiger partial charge in [-0.15, -0.1) is 0 Å². The van der Waals surface area contributed by atoms with Gasteiger partial charge in [-0.3, -0.25) is 0 Å². The minimum absolute atomic E-state index is 0.132. The second-order valence-corrected chi connectivity index (χ2v) is 5.41. The molecule has 0 bridgehead atoms. The summed E-state index contributed by atoms with van der Waals surface area (Å²) in [6.07, 6.45) is 3.94. The van der Waals surface area contributed by atoms with Gasteiger partial charge in [0.2, 0.25) is 0 Å². The molecule has 0 aliphatic heterocycles. The number of rotatable bonds is 6. The molecule has 2 aromatic rings. The van der Waals surface area contributed by atoms with E-state index in [0.717, 1.165) is 43.6 Å². The van der Waals surface area contributed by atoms with Crippen LogP contribution in [0, 0.1) is 0 Å². The number of aryl methyl sites for hydroxylation is 1. The fourth-order valence-corrected chi connectivity index (χ4v) is 2.55. The van der Waals surface area contributed by atoms with Gasteiger partial charge in [0.25, 0.3) is 0 Å². The van der Waals surface area contributed by atoms with Gasteiger partial charge in [0, 0.05) is 18.5 Å². The third-order valence-electron chi connectivity index (χ3n) is 4.10. The number of hydrogen-bond acceptors (Lipinski definition) is 2. The van der Waals surface area contributed by atoms with Crippen molar-refractivity contribution < 1.29 is 0 Å². The molecule has 0 aliphatic carbocycles. The van der Waals surface area contributed by atoms with Gasteiger partial charge in [-0.2, -0.15) is 0 Å². The Morgan fingerprint density at radius 3 is 2.47 bits per heavy atom. The Balaban J connectivity index is 2.44. The smallest absolute Gasteiger partial charge is 0.111 e. The van der Waals surface area contributed by atoms with Crippen LogP contribution < -0.4 is 5.73 Å². The van der Waals surface area contributed by atoms with Crippen LogP contribution >= 0.6 is 0 Å². The Labute approximate surface area is 115 Å². The summed E-state index contributed by atoms with van der Waals surface area (Å²) in [6.45, 7) is 7.54. The first-order chi connectivity index (χ1) is 9.13. The van der Waals surface area contributed by atoms with Gasteiger partial charge in [0.15, 0.2) is 0 Å². The molecule has 0 radical (unpaired) electrons. The summed E-state index contributed by atoms with van der Waals surface area (Å²) in [4.78, 5) is 4.80. The fraction of sp³-hybridized carbons (Fsp3) is 0.562. The van der Waals surface area contributed by atoms with Crippen molar-refractivity contribution in [1.82, 2.24) is 9.55 Å². The maximum absolute atomic E-state index is 6.46. The number of hydrogen-bond donors (Lipinski definition) is 1. The molecule has 0 spiro atoms. The van der Waals surface area contributed by atoms with Crippen molar-refractivity contribution in [3.63, 3.8) is 0 Å². The Bertz CT molecular complexity index is 538. The first-order valence-electron chi connectivity index (χ1n) is 7.36. The molecule has 0 aliphatic rings. The van der Waals surface area contributed by atoms with Crippen LogP contribution in [0.3, 0.4) is 0 Å². The molecule has 0 saturated carbocycles. The molecule has 3 heteroatoms. The number of benzene rings is 1. The van der Waals surface area contributed by atoms with Gasteiger partial charge in [0.1, 0.15) is 5.82 Å². The molecule has 19 heavy (non-hydrogen) atoms. The molecule has 2 N–H and O–H groups in total. The summed E-state index contributed by atoms with van der Waals surface area (Å²) in [6, 6.07) is 8.36. The van der Waals surface area contributed by atoms with Crippen molar-refractivity contribution in [2.75, 3.05) is 0 Å². The monoisotopic (exact) mass is 259 g/mol. The first kappa shape index (κ1) is 14.1. The number of para-hydroxylation sites is 2. The average Bonchev–Trinajstić information content (AvgIpc) is 2.77. The molecule has 0 fully saturated rings. The molecule has 3 nitrogen and oxygen atoms in total. The molecule has 1 aromatic heterocycles. The number of aromatic nitrogens is 2. The minimum atomic E-state index is -0.132. The minimum Gasteiger partial charge on any atom is -0.328 e. The normalized spacial score (nSPS) is 12.2. The highest BCUT2D eigenvalue weighted by Gasteiger charge is 2.24. The van der Waals surface area contributed by atoms with Crippen LogP contribution in [0.15, 0.2) is 24.3 Å². The lowest BCUT2D eigenvalue weighted by Gasteiger charge is -2.26. The van der Waals surface area contributed by atoms with E-state index in [-0.39, 0.29) is 5.54 Å². The molecule has 0 amide bonds. The highest BCUT2D eigenvalue weighted by Crippen LogP contribution is 2.22. The van der Waals surface area contributed by atoms with E-state index in [1.165, 1.54) is 5.52 Å². The Morgan fingerprint density at radius 1 is 1.16 bits per heavy atom. The second-order valence-electron chi connectivity index (χ2n) is 5.41. The third kappa shape index (κ3) is 2.81. The van der Waals surface area contributed by atoms with Gasteiger partial charge in [-0.25, -0.2) is 4.98 Å². The van der Waals surface area contributed by atoms with E-state index in [4.69, 9.17) is 10.7 Å². The van der Waals surface area contributed by atoms with Crippen LogP contribution in [0.5, 0.6) is 0 Å². The zero-order chi connectivity index (χ0) is 13.9. The van der Waals surface area contributed by atoms with Crippen molar-refractivity contribution >= 4 is 11.0 Å². The number of nitrogens with zero attached hydrogens (tertiary/aromatic N) is 2. The molecule has 0 atom stereocenters. The topological polar surface area (TPSA) is 43.8 Å². The molecule has 2 rings (SSSR count). The lowest BCUT2D eigenvalue weighted by Crippen LogP contribution is -2.41. The Morgan fingerprint density at radius 2 is 1.84 bits per heavy atom. The van der Waals surface area contributed by atoms with Gasteiger partial charge >= 0.3 is 0 Å². The van der Waals surface area contributed by atoms with Gasteiger partial charge in [-0.05, 0) is 31.4 Å². The van der Waals surface area contributed by atoms with Gasteiger partial charge in [0.05, 0.1) is 11.0 Å². The van der Waals surface area contributed by atoms with Crippen LogP contribution in [0.2, 0.25) is 0 Å². The molecule has 1 heterocycles. The third-order valence-corrected chi connectivity index (χ3v) is 4.10. The summed E-state index contributed by atoms with van der Waals surface area (Å²) >= 11 is 0.